The highest BCUT2D eigenvalue weighted by atomic mass is 16.2. The number of amides is 1. The summed E-state index contributed by atoms with van der Waals surface area (Å²) in [7, 11) is 0. The van der Waals surface area contributed by atoms with Crippen LogP contribution in [-0.2, 0) is 11.3 Å². The molecule has 1 saturated carbocycles. The molecular weight excluding hydrogens is 350 g/mol. The Hall–Kier alpha value is -2.34. The molecule has 0 unspecified atom stereocenters. The van der Waals surface area contributed by atoms with Gasteiger partial charge in [-0.2, -0.15) is 0 Å². The first-order chi connectivity index (χ1) is 13.8. The van der Waals surface area contributed by atoms with E-state index in [2.05, 4.69) is 24.8 Å². The molecule has 4 aliphatic rings. The van der Waals surface area contributed by atoms with E-state index in [-0.39, 0.29) is 5.92 Å². The molecule has 28 heavy (non-hydrogen) atoms. The monoisotopic (exact) mass is 377 g/mol. The molecule has 0 spiro atoms. The van der Waals surface area contributed by atoms with Gasteiger partial charge in [0.25, 0.3) is 0 Å². The highest BCUT2D eigenvalue weighted by Crippen LogP contribution is 2.34. The van der Waals surface area contributed by atoms with Gasteiger partial charge in [0.1, 0.15) is 5.69 Å². The van der Waals surface area contributed by atoms with Crippen molar-refractivity contribution in [3.8, 4) is 11.5 Å². The van der Waals surface area contributed by atoms with Crippen LogP contribution in [0.15, 0.2) is 36.8 Å². The standard InChI is InChI=1S/C22H27N5O/c28-22-18-7-8-19(27(22)13-16-4-3-5-16)15-26(14-18)12-17-10-24-21(25-11-17)20-6-1-2-9-23-20/h1-2,6,9-11,16,18-19H,3-5,7-8,12-15H2/t18-,19+/m0/s1. The van der Waals surface area contributed by atoms with Gasteiger partial charge in [0.15, 0.2) is 5.82 Å². The minimum atomic E-state index is 0.160. The number of hydrogen-bond donors (Lipinski definition) is 0. The van der Waals surface area contributed by atoms with Gasteiger partial charge in [-0.1, -0.05) is 12.5 Å². The van der Waals surface area contributed by atoms with Crippen molar-refractivity contribution in [1.82, 2.24) is 24.8 Å². The van der Waals surface area contributed by atoms with Crippen LogP contribution in [0.25, 0.3) is 11.5 Å². The van der Waals surface area contributed by atoms with E-state index < -0.39 is 0 Å². The second kappa shape index (κ2) is 7.59. The third-order valence-corrected chi connectivity index (χ3v) is 6.55. The van der Waals surface area contributed by atoms with E-state index in [1.165, 1.54) is 19.3 Å². The topological polar surface area (TPSA) is 62.2 Å². The largest absolute Gasteiger partial charge is 0.338 e. The molecule has 2 aromatic heterocycles. The lowest BCUT2D eigenvalue weighted by atomic mass is 9.83. The second-order valence-corrected chi connectivity index (χ2v) is 8.54. The first kappa shape index (κ1) is 17.7. The fourth-order valence-corrected chi connectivity index (χ4v) is 4.77. The van der Waals surface area contributed by atoms with E-state index in [9.17, 15) is 4.79 Å². The Bertz CT molecular complexity index is 821. The third-order valence-electron chi connectivity index (χ3n) is 6.55. The summed E-state index contributed by atoms with van der Waals surface area (Å²) >= 11 is 0. The van der Waals surface area contributed by atoms with Crippen LogP contribution in [0.5, 0.6) is 0 Å². The fraction of sp³-hybridized carbons (Fsp3) is 0.545. The number of pyridine rings is 1. The van der Waals surface area contributed by atoms with Gasteiger partial charge in [0.2, 0.25) is 5.91 Å². The number of carbonyl (C=O) groups excluding carboxylic acids is 1. The van der Waals surface area contributed by atoms with Crippen LogP contribution in [-0.4, -0.2) is 56.3 Å². The van der Waals surface area contributed by atoms with Gasteiger partial charge in [-0.3, -0.25) is 14.7 Å². The molecule has 0 N–H and O–H groups in total. The lowest BCUT2D eigenvalue weighted by molar-refractivity contribution is -0.141. The molecule has 1 amide bonds. The lowest BCUT2D eigenvalue weighted by Crippen LogP contribution is -2.50. The van der Waals surface area contributed by atoms with E-state index in [0.717, 1.165) is 56.2 Å². The average molecular weight is 377 g/mol. The lowest BCUT2D eigenvalue weighted by Gasteiger charge is -2.40. The van der Waals surface area contributed by atoms with Crippen LogP contribution < -0.4 is 0 Å². The van der Waals surface area contributed by atoms with E-state index in [1.54, 1.807) is 6.20 Å². The number of rotatable bonds is 5. The molecule has 6 nitrogen and oxygen atoms in total. The van der Waals surface area contributed by atoms with Crippen LogP contribution in [0.1, 0.15) is 37.7 Å². The van der Waals surface area contributed by atoms with Crippen LogP contribution in [0.3, 0.4) is 0 Å². The van der Waals surface area contributed by atoms with Gasteiger partial charge in [-0.25, -0.2) is 9.97 Å². The summed E-state index contributed by atoms with van der Waals surface area (Å²) in [5.41, 5.74) is 1.89. The summed E-state index contributed by atoms with van der Waals surface area (Å²) in [4.78, 5) is 30.9. The maximum atomic E-state index is 12.9. The SMILES string of the molecule is O=C1[C@H]2CC[C@H](CN(Cc3cnc(-c4ccccn4)nc3)C2)N1CC1CCC1. The maximum Gasteiger partial charge on any atom is 0.227 e. The summed E-state index contributed by atoms with van der Waals surface area (Å²) in [5.74, 6) is 1.95. The zero-order chi connectivity index (χ0) is 18.9. The molecule has 3 aliphatic heterocycles. The molecule has 4 fully saturated rings. The maximum absolute atomic E-state index is 12.9. The zero-order valence-corrected chi connectivity index (χ0v) is 16.2. The van der Waals surface area contributed by atoms with Gasteiger partial charge >= 0.3 is 0 Å². The molecule has 146 valence electrons. The van der Waals surface area contributed by atoms with Crippen molar-refractivity contribution in [1.29, 1.82) is 0 Å². The number of carbonyl (C=O) groups is 1. The summed E-state index contributed by atoms with van der Waals surface area (Å²) in [6.45, 7) is 3.62. The van der Waals surface area contributed by atoms with Gasteiger partial charge in [-0.05, 0) is 43.7 Å². The number of hydrogen-bond acceptors (Lipinski definition) is 5. The Kier molecular flexibility index (Phi) is 4.81. The van der Waals surface area contributed by atoms with Crippen molar-refractivity contribution < 1.29 is 4.79 Å². The smallest absolute Gasteiger partial charge is 0.227 e. The predicted octanol–water partition coefficient (Wildman–Crippen LogP) is 2.76. The summed E-state index contributed by atoms with van der Waals surface area (Å²) in [6, 6.07) is 6.13. The normalized spacial score (nSPS) is 25.6. The van der Waals surface area contributed by atoms with Crippen molar-refractivity contribution in [2.45, 2.75) is 44.7 Å². The predicted molar refractivity (Wildman–Crippen MR) is 106 cm³/mol. The molecule has 6 heteroatoms. The minimum absolute atomic E-state index is 0.160. The van der Waals surface area contributed by atoms with Crippen molar-refractivity contribution >= 4 is 5.91 Å². The summed E-state index contributed by atoms with van der Waals surface area (Å²) in [5, 5.41) is 0. The Morgan fingerprint density at radius 3 is 2.57 bits per heavy atom. The molecule has 5 heterocycles. The molecule has 2 bridgehead atoms. The van der Waals surface area contributed by atoms with Gasteiger partial charge in [-0.15, -0.1) is 0 Å². The fourth-order valence-electron chi connectivity index (χ4n) is 4.77. The number of piperidine rings is 1. The third kappa shape index (κ3) is 3.53. The molecule has 0 radical (unpaired) electrons. The Morgan fingerprint density at radius 1 is 1.00 bits per heavy atom. The van der Waals surface area contributed by atoms with Crippen molar-refractivity contribution in [3.63, 3.8) is 0 Å². The summed E-state index contributed by atoms with van der Waals surface area (Å²) < 4.78 is 0. The van der Waals surface area contributed by atoms with E-state index >= 15 is 0 Å². The van der Waals surface area contributed by atoms with Crippen LogP contribution >= 0.6 is 0 Å². The van der Waals surface area contributed by atoms with E-state index in [0.29, 0.717) is 17.8 Å². The number of aromatic nitrogens is 3. The quantitative estimate of drug-likeness (QED) is 0.802. The zero-order valence-electron chi connectivity index (χ0n) is 16.2. The van der Waals surface area contributed by atoms with Crippen LogP contribution in [0.2, 0.25) is 0 Å². The van der Waals surface area contributed by atoms with E-state index in [4.69, 9.17) is 0 Å². The first-order valence-electron chi connectivity index (χ1n) is 10.5. The minimum Gasteiger partial charge on any atom is -0.338 e. The molecule has 6 rings (SSSR count). The Morgan fingerprint density at radius 2 is 1.86 bits per heavy atom. The Balaban J connectivity index is 1.26. The molecule has 0 aromatic carbocycles. The second-order valence-electron chi connectivity index (χ2n) is 8.54. The van der Waals surface area contributed by atoms with Crippen LogP contribution in [0, 0.1) is 11.8 Å². The Labute approximate surface area is 166 Å². The molecule has 3 saturated heterocycles. The molecule has 2 aromatic rings. The summed E-state index contributed by atoms with van der Waals surface area (Å²) in [6.07, 6.45) is 11.7. The number of nitrogens with zero attached hydrogens (tertiary/aromatic N) is 5. The van der Waals surface area contributed by atoms with Gasteiger partial charge in [0, 0.05) is 56.4 Å². The first-order valence-corrected chi connectivity index (χ1v) is 10.5. The van der Waals surface area contributed by atoms with Crippen molar-refractivity contribution in [2.75, 3.05) is 19.6 Å². The molecular formula is C22H27N5O. The van der Waals surface area contributed by atoms with Crippen molar-refractivity contribution in [3.05, 3.63) is 42.4 Å². The van der Waals surface area contributed by atoms with E-state index in [1.807, 2.05) is 30.6 Å². The van der Waals surface area contributed by atoms with Gasteiger partial charge in [0.05, 0.1) is 5.92 Å². The van der Waals surface area contributed by atoms with Gasteiger partial charge < -0.3 is 4.90 Å². The van der Waals surface area contributed by atoms with Crippen LogP contribution in [0.4, 0.5) is 0 Å². The van der Waals surface area contributed by atoms with Crippen molar-refractivity contribution in [2.24, 2.45) is 11.8 Å². The highest BCUT2D eigenvalue weighted by Gasteiger charge is 2.41. The molecule has 1 aliphatic carbocycles. The highest BCUT2D eigenvalue weighted by molar-refractivity contribution is 5.80. The molecule has 2 atom stereocenters. The average Bonchev–Trinajstić information content (AvgIpc) is 2.96. The number of fused-ring (bicyclic) bond motifs is 4.